The van der Waals surface area contributed by atoms with Gasteiger partial charge in [0.2, 0.25) is 11.7 Å². The third-order valence-electron chi connectivity index (χ3n) is 5.22. The minimum atomic E-state index is -0.0913. The summed E-state index contributed by atoms with van der Waals surface area (Å²) in [6, 6.07) is 11.5. The number of thiophene rings is 1. The van der Waals surface area contributed by atoms with Crippen LogP contribution in [0.4, 0.5) is 0 Å². The fourth-order valence-electron chi connectivity index (χ4n) is 3.72. The molecule has 1 fully saturated rings. The molecule has 0 radical (unpaired) electrons. The number of benzene rings is 1. The predicted molar refractivity (Wildman–Crippen MR) is 111 cm³/mol. The van der Waals surface area contributed by atoms with Crippen LogP contribution in [0.2, 0.25) is 0 Å². The molecule has 1 saturated heterocycles. The minimum absolute atomic E-state index is 0.0913. The zero-order valence-corrected chi connectivity index (χ0v) is 17.0. The molecule has 5 rings (SSSR count). The Kier molecular flexibility index (Phi) is 5.10. The SMILES string of the molecule is O=C(c1cnn(-c2ccccc2)n1)N1CCC[C@@H](Cc2nc(-c3ccsc3)no2)C1. The second-order valence-electron chi connectivity index (χ2n) is 7.34. The van der Waals surface area contributed by atoms with E-state index in [2.05, 4.69) is 20.3 Å². The normalized spacial score (nSPS) is 16.7. The maximum absolute atomic E-state index is 13.0. The van der Waals surface area contributed by atoms with Crippen molar-refractivity contribution in [1.82, 2.24) is 30.0 Å². The quantitative estimate of drug-likeness (QED) is 0.491. The maximum atomic E-state index is 13.0. The Labute approximate surface area is 177 Å². The molecule has 1 aromatic carbocycles. The molecule has 0 N–H and O–H groups in total. The summed E-state index contributed by atoms with van der Waals surface area (Å²) in [5.41, 5.74) is 2.15. The summed E-state index contributed by atoms with van der Waals surface area (Å²) in [5, 5.41) is 16.7. The van der Waals surface area contributed by atoms with Crippen LogP contribution in [0.25, 0.3) is 17.1 Å². The molecule has 0 spiro atoms. The minimum Gasteiger partial charge on any atom is -0.339 e. The lowest BCUT2D eigenvalue weighted by Crippen LogP contribution is -2.40. The molecule has 1 atom stereocenters. The van der Waals surface area contributed by atoms with Crippen LogP contribution >= 0.6 is 11.3 Å². The first-order chi connectivity index (χ1) is 14.8. The molecule has 4 aromatic rings. The van der Waals surface area contributed by atoms with Crippen LogP contribution in [0.1, 0.15) is 29.2 Å². The molecule has 4 heterocycles. The fourth-order valence-corrected chi connectivity index (χ4v) is 4.35. The van der Waals surface area contributed by atoms with Crippen molar-refractivity contribution in [3.8, 4) is 17.1 Å². The van der Waals surface area contributed by atoms with Gasteiger partial charge in [0.05, 0.1) is 11.9 Å². The van der Waals surface area contributed by atoms with E-state index in [1.54, 1.807) is 11.3 Å². The molecule has 0 unspecified atom stereocenters. The summed E-state index contributed by atoms with van der Waals surface area (Å²) in [7, 11) is 0. The predicted octanol–water partition coefficient (Wildman–Crippen LogP) is 3.47. The number of carbonyl (C=O) groups excluding carboxylic acids is 1. The van der Waals surface area contributed by atoms with E-state index in [9.17, 15) is 4.79 Å². The van der Waals surface area contributed by atoms with E-state index < -0.39 is 0 Å². The third kappa shape index (κ3) is 3.88. The van der Waals surface area contributed by atoms with E-state index in [1.165, 1.54) is 11.0 Å². The molecule has 8 nitrogen and oxygen atoms in total. The second-order valence-corrected chi connectivity index (χ2v) is 8.12. The van der Waals surface area contributed by atoms with Crippen molar-refractivity contribution < 1.29 is 9.32 Å². The van der Waals surface area contributed by atoms with E-state index in [-0.39, 0.29) is 11.8 Å². The van der Waals surface area contributed by atoms with Crippen LogP contribution in [0, 0.1) is 5.92 Å². The van der Waals surface area contributed by atoms with E-state index in [1.807, 2.05) is 52.1 Å². The average molecular weight is 420 g/mol. The van der Waals surface area contributed by atoms with Crippen molar-refractivity contribution in [2.45, 2.75) is 19.3 Å². The maximum Gasteiger partial charge on any atom is 0.276 e. The van der Waals surface area contributed by atoms with Gasteiger partial charge in [-0.1, -0.05) is 23.4 Å². The lowest BCUT2D eigenvalue weighted by Gasteiger charge is -2.31. The first-order valence-corrected chi connectivity index (χ1v) is 10.8. The van der Waals surface area contributed by atoms with Crippen molar-refractivity contribution in [2.24, 2.45) is 5.92 Å². The van der Waals surface area contributed by atoms with Crippen LogP contribution in [-0.2, 0) is 6.42 Å². The van der Waals surface area contributed by atoms with Crippen molar-refractivity contribution in [1.29, 1.82) is 0 Å². The molecule has 152 valence electrons. The summed E-state index contributed by atoms with van der Waals surface area (Å²) in [6.45, 7) is 1.37. The van der Waals surface area contributed by atoms with Crippen molar-refractivity contribution in [3.63, 3.8) is 0 Å². The zero-order chi connectivity index (χ0) is 20.3. The lowest BCUT2D eigenvalue weighted by molar-refractivity contribution is 0.0661. The number of hydrogen-bond acceptors (Lipinski definition) is 7. The van der Waals surface area contributed by atoms with Crippen LogP contribution < -0.4 is 0 Å². The monoisotopic (exact) mass is 420 g/mol. The number of nitrogens with zero attached hydrogens (tertiary/aromatic N) is 6. The van der Waals surface area contributed by atoms with Gasteiger partial charge in [-0.25, -0.2) is 0 Å². The van der Waals surface area contributed by atoms with Crippen molar-refractivity contribution in [2.75, 3.05) is 13.1 Å². The summed E-state index contributed by atoms with van der Waals surface area (Å²) < 4.78 is 5.44. The fraction of sp³-hybridized carbons (Fsp3) is 0.286. The molecule has 0 bridgehead atoms. The topological polar surface area (TPSA) is 89.9 Å². The highest BCUT2D eigenvalue weighted by Crippen LogP contribution is 2.24. The molecule has 9 heteroatoms. The molecule has 1 amide bonds. The van der Waals surface area contributed by atoms with Gasteiger partial charge in [-0.05, 0) is 42.3 Å². The summed E-state index contributed by atoms with van der Waals surface area (Å²) >= 11 is 1.60. The van der Waals surface area contributed by atoms with Crippen molar-refractivity contribution >= 4 is 17.2 Å². The van der Waals surface area contributed by atoms with Gasteiger partial charge in [-0.2, -0.15) is 26.2 Å². The van der Waals surface area contributed by atoms with Gasteiger partial charge in [-0.15, -0.1) is 5.10 Å². The van der Waals surface area contributed by atoms with E-state index in [0.29, 0.717) is 30.4 Å². The molecular weight excluding hydrogens is 400 g/mol. The second kappa shape index (κ2) is 8.19. The number of likely N-dealkylation sites (tertiary alicyclic amines) is 1. The van der Waals surface area contributed by atoms with Gasteiger partial charge < -0.3 is 9.42 Å². The van der Waals surface area contributed by atoms with E-state index in [4.69, 9.17) is 4.52 Å². The molecule has 3 aromatic heterocycles. The van der Waals surface area contributed by atoms with Crippen LogP contribution in [0.3, 0.4) is 0 Å². The average Bonchev–Trinajstić information content (AvgIpc) is 3.55. The van der Waals surface area contributed by atoms with Gasteiger partial charge in [0.1, 0.15) is 0 Å². The molecule has 1 aliphatic rings. The van der Waals surface area contributed by atoms with Gasteiger partial charge in [-0.3, -0.25) is 4.79 Å². The zero-order valence-electron chi connectivity index (χ0n) is 16.2. The Bertz CT molecular complexity index is 1120. The highest BCUT2D eigenvalue weighted by molar-refractivity contribution is 7.08. The number of amides is 1. The van der Waals surface area contributed by atoms with Crippen LogP contribution in [0.15, 0.2) is 57.9 Å². The number of piperidine rings is 1. The molecule has 0 saturated carbocycles. The highest BCUT2D eigenvalue weighted by atomic mass is 32.1. The highest BCUT2D eigenvalue weighted by Gasteiger charge is 2.27. The molecule has 0 aliphatic carbocycles. The van der Waals surface area contributed by atoms with E-state index in [0.717, 1.165) is 30.6 Å². The van der Waals surface area contributed by atoms with Crippen LogP contribution in [-0.4, -0.2) is 49.0 Å². The largest absolute Gasteiger partial charge is 0.339 e. The number of aromatic nitrogens is 5. The summed E-state index contributed by atoms with van der Waals surface area (Å²) in [4.78, 5) is 20.8. The van der Waals surface area contributed by atoms with Crippen LogP contribution in [0.5, 0.6) is 0 Å². The number of para-hydroxylation sites is 1. The first-order valence-electron chi connectivity index (χ1n) is 9.88. The molecule has 30 heavy (non-hydrogen) atoms. The van der Waals surface area contributed by atoms with Gasteiger partial charge in [0.15, 0.2) is 5.69 Å². The Morgan fingerprint density at radius 1 is 1.23 bits per heavy atom. The Balaban J connectivity index is 1.24. The third-order valence-corrected chi connectivity index (χ3v) is 5.90. The van der Waals surface area contributed by atoms with E-state index >= 15 is 0 Å². The van der Waals surface area contributed by atoms with Gasteiger partial charge >= 0.3 is 0 Å². The lowest BCUT2D eigenvalue weighted by atomic mass is 9.94. The first kappa shape index (κ1) is 18.7. The van der Waals surface area contributed by atoms with Crippen molar-refractivity contribution in [3.05, 3.63) is 64.9 Å². The number of rotatable bonds is 5. The van der Waals surface area contributed by atoms with Gasteiger partial charge in [0.25, 0.3) is 5.91 Å². The Hall–Kier alpha value is -3.33. The standard InChI is InChI=1S/C21H20N6O2S/c28-21(18-12-22-27(24-18)17-6-2-1-3-7-17)26-9-4-5-15(13-26)11-19-23-20(25-29-19)16-8-10-30-14-16/h1-3,6-8,10,12,14-15H,4-5,9,11,13H2/t15-/m0/s1. The number of hydrogen-bond donors (Lipinski definition) is 0. The number of carbonyl (C=O) groups is 1. The Morgan fingerprint density at radius 3 is 2.97 bits per heavy atom. The summed E-state index contributed by atoms with van der Waals surface area (Å²) in [6.07, 6.45) is 4.16. The molecule has 1 aliphatic heterocycles. The smallest absolute Gasteiger partial charge is 0.276 e. The summed E-state index contributed by atoms with van der Waals surface area (Å²) in [5.74, 6) is 1.42. The van der Waals surface area contributed by atoms with Gasteiger partial charge in [0, 0.05) is 30.5 Å². The molecular formula is C21H20N6O2S. The Morgan fingerprint density at radius 2 is 2.13 bits per heavy atom.